The van der Waals surface area contributed by atoms with Crippen molar-refractivity contribution >= 4 is 17.1 Å². The van der Waals surface area contributed by atoms with Gasteiger partial charge in [-0.3, -0.25) is 4.79 Å². The summed E-state index contributed by atoms with van der Waals surface area (Å²) in [5.74, 6) is -0.494. The van der Waals surface area contributed by atoms with Crippen molar-refractivity contribution in [3.05, 3.63) is 84.1 Å². The molecular weight excluding hydrogens is 262 g/mol. The Balaban J connectivity index is 2.22. The number of nitrogens with two attached hydrogens (primary N) is 1. The number of carbonyl (C=O) groups excluding carboxylic acids is 1. The summed E-state index contributed by atoms with van der Waals surface area (Å²) in [4.78, 5) is 11.7. The topological polar surface area (TPSA) is 52.3 Å². The molecule has 0 bridgehead atoms. The third-order valence-electron chi connectivity index (χ3n) is 3.43. The van der Waals surface area contributed by atoms with Crippen molar-refractivity contribution in [2.45, 2.75) is 6.10 Å². The van der Waals surface area contributed by atoms with Crippen LogP contribution in [0.4, 0.5) is 0 Å². The van der Waals surface area contributed by atoms with Crippen LogP contribution in [0.15, 0.2) is 73.0 Å². The van der Waals surface area contributed by atoms with Gasteiger partial charge >= 0.3 is 0 Å². The molecule has 1 aliphatic heterocycles. The molecule has 0 spiro atoms. The van der Waals surface area contributed by atoms with Crippen LogP contribution in [0.3, 0.4) is 0 Å². The number of allylic oxidation sites excluding steroid dienone is 2. The molecule has 0 saturated heterocycles. The Morgan fingerprint density at radius 3 is 2.05 bits per heavy atom. The Bertz CT molecular complexity index is 703. The first kappa shape index (κ1) is 13.2. The molecule has 1 amide bonds. The molecule has 2 N–H and O–H groups in total. The van der Waals surface area contributed by atoms with E-state index in [1.54, 1.807) is 0 Å². The second kappa shape index (κ2) is 5.67. The molecule has 0 radical (unpaired) electrons. The number of primary amides is 1. The maximum absolute atomic E-state index is 11.7. The van der Waals surface area contributed by atoms with Crippen molar-refractivity contribution in [2.24, 2.45) is 5.73 Å². The number of benzene rings is 2. The van der Waals surface area contributed by atoms with Crippen LogP contribution in [0.2, 0.25) is 0 Å². The first-order valence-corrected chi connectivity index (χ1v) is 6.73. The fourth-order valence-electron chi connectivity index (χ4n) is 2.49. The van der Waals surface area contributed by atoms with Crippen LogP contribution in [0.1, 0.15) is 11.1 Å². The highest BCUT2D eigenvalue weighted by Gasteiger charge is 2.28. The van der Waals surface area contributed by atoms with E-state index in [9.17, 15) is 4.79 Å². The van der Waals surface area contributed by atoms with E-state index in [4.69, 9.17) is 10.5 Å². The van der Waals surface area contributed by atoms with E-state index >= 15 is 0 Å². The van der Waals surface area contributed by atoms with E-state index < -0.39 is 12.0 Å². The molecule has 3 rings (SSSR count). The first-order chi connectivity index (χ1) is 10.3. The minimum atomic E-state index is -0.771. The maximum Gasteiger partial charge on any atom is 0.263 e. The molecule has 1 unspecified atom stereocenters. The van der Waals surface area contributed by atoms with Gasteiger partial charge in [-0.25, -0.2) is 0 Å². The quantitative estimate of drug-likeness (QED) is 0.937. The summed E-state index contributed by atoms with van der Waals surface area (Å²) < 4.78 is 5.45. The average molecular weight is 277 g/mol. The van der Waals surface area contributed by atoms with Crippen LogP contribution in [0.5, 0.6) is 0 Å². The van der Waals surface area contributed by atoms with Gasteiger partial charge in [0.2, 0.25) is 6.10 Å². The lowest BCUT2D eigenvalue weighted by atomic mass is 9.89. The normalized spacial score (nSPS) is 17.4. The van der Waals surface area contributed by atoms with Crippen LogP contribution in [0, 0.1) is 0 Å². The molecule has 1 atom stereocenters. The highest BCUT2D eigenvalue weighted by Crippen LogP contribution is 2.34. The Hall–Kier alpha value is -2.81. The largest absolute Gasteiger partial charge is 0.483 e. The van der Waals surface area contributed by atoms with E-state index in [2.05, 4.69) is 0 Å². The minimum Gasteiger partial charge on any atom is -0.483 e. The highest BCUT2D eigenvalue weighted by molar-refractivity contribution is 6.06. The highest BCUT2D eigenvalue weighted by atomic mass is 16.5. The molecule has 3 nitrogen and oxygen atoms in total. The van der Waals surface area contributed by atoms with Gasteiger partial charge in [0.1, 0.15) is 0 Å². The monoisotopic (exact) mass is 277 g/mol. The summed E-state index contributed by atoms with van der Waals surface area (Å²) in [6.07, 6.45) is 2.63. The predicted octanol–water partition coefficient (Wildman–Crippen LogP) is 3.00. The van der Waals surface area contributed by atoms with Gasteiger partial charge in [0.25, 0.3) is 5.91 Å². The number of hydrogen-bond acceptors (Lipinski definition) is 2. The second-order valence-electron chi connectivity index (χ2n) is 4.78. The second-order valence-corrected chi connectivity index (χ2v) is 4.78. The smallest absolute Gasteiger partial charge is 0.263 e. The zero-order valence-corrected chi connectivity index (χ0v) is 11.4. The number of rotatable bonds is 3. The van der Waals surface area contributed by atoms with Gasteiger partial charge < -0.3 is 10.5 Å². The predicted molar refractivity (Wildman–Crippen MR) is 82.9 cm³/mol. The SMILES string of the molecule is NC(=O)C1OC=CC(c2ccccc2)=C1c1ccccc1. The summed E-state index contributed by atoms with van der Waals surface area (Å²) in [6.45, 7) is 0. The lowest BCUT2D eigenvalue weighted by Crippen LogP contribution is -2.32. The third kappa shape index (κ3) is 2.58. The molecule has 1 aliphatic rings. The lowest BCUT2D eigenvalue weighted by Gasteiger charge is -2.24. The van der Waals surface area contributed by atoms with E-state index in [0.717, 1.165) is 22.3 Å². The fraction of sp³-hybridized carbons (Fsp3) is 0.0556. The Labute approximate surface area is 123 Å². The molecule has 2 aromatic rings. The van der Waals surface area contributed by atoms with Crippen molar-refractivity contribution in [1.29, 1.82) is 0 Å². The van der Waals surface area contributed by atoms with Crippen molar-refractivity contribution in [3.63, 3.8) is 0 Å². The van der Waals surface area contributed by atoms with Gasteiger partial charge in [0.05, 0.1) is 6.26 Å². The van der Waals surface area contributed by atoms with Crippen LogP contribution in [0.25, 0.3) is 11.1 Å². The number of amides is 1. The summed E-state index contributed by atoms with van der Waals surface area (Å²) in [5.41, 5.74) is 9.23. The average Bonchev–Trinajstić information content (AvgIpc) is 2.55. The van der Waals surface area contributed by atoms with Crippen LogP contribution in [-0.2, 0) is 9.53 Å². The van der Waals surface area contributed by atoms with Gasteiger partial charge in [-0.05, 0) is 22.8 Å². The Morgan fingerprint density at radius 1 is 0.905 bits per heavy atom. The minimum absolute atomic E-state index is 0.494. The van der Waals surface area contributed by atoms with Gasteiger partial charge in [-0.2, -0.15) is 0 Å². The van der Waals surface area contributed by atoms with Crippen LogP contribution < -0.4 is 5.73 Å². The first-order valence-electron chi connectivity index (χ1n) is 6.73. The van der Waals surface area contributed by atoms with Gasteiger partial charge in [0, 0.05) is 5.57 Å². The standard InChI is InChI=1S/C18H15NO2/c19-18(20)17-16(14-9-5-2-6-10-14)15(11-12-21-17)13-7-3-1-4-8-13/h1-12,17H,(H2,19,20). The number of ether oxygens (including phenoxy) is 1. The molecular formula is C18H15NO2. The third-order valence-corrected chi connectivity index (χ3v) is 3.43. The molecule has 0 aliphatic carbocycles. The summed E-state index contributed by atoms with van der Waals surface area (Å²) >= 11 is 0. The van der Waals surface area contributed by atoms with Gasteiger partial charge in [-0.15, -0.1) is 0 Å². The number of hydrogen-bond donors (Lipinski definition) is 1. The molecule has 0 saturated carbocycles. The zero-order valence-electron chi connectivity index (χ0n) is 11.4. The maximum atomic E-state index is 11.7. The summed E-state index contributed by atoms with van der Waals surface area (Å²) in [7, 11) is 0. The molecule has 3 heteroatoms. The lowest BCUT2D eigenvalue weighted by molar-refractivity contribution is -0.123. The summed E-state index contributed by atoms with van der Waals surface area (Å²) in [6, 6.07) is 19.6. The Kier molecular flexibility index (Phi) is 3.56. The van der Waals surface area contributed by atoms with Crippen molar-refractivity contribution < 1.29 is 9.53 Å². The van der Waals surface area contributed by atoms with E-state index in [1.807, 2.05) is 66.7 Å². The molecule has 104 valence electrons. The molecule has 1 heterocycles. The van der Waals surface area contributed by atoms with Crippen LogP contribution in [-0.4, -0.2) is 12.0 Å². The molecule has 0 fully saturated rings. The van der Waals surface area contributed by atoms with Crippen LogP contribution >= 0.6 is 0 Å². The summed E-state index contributed by atoms with van der Waals surface area (Å²) in [5, 5.41) is 0. The molecule has 0 aromatic heterocycles. The zero-order chi connectivity index (χ0) is 14.7. The molecule has 21 heavy (non-hydrogen) atoms. The van der Waals surface area contributed by atoms with Gasteiger partial charge in [-0.1, -0.05) is 60.7 Å². The van der Waals surface area contributed by atoms with E-state index in [1.165, 1.54) is 6.26 Å². The fourth-order valence-corrected chi connectivity index (χ4v) is 2.49. The van der Waals surface area contributed by atoms with Crippen molar-refractivity contribution in [2.75, 3.05) is 0 Å². The van der Waals surface area contributed by atoms with Gasteiger partial charge in [0.15, 0.2) is 0 Å². The van der Waals surface area contributed by atoms with E-state index in [0.29, 0.717) is 0 Å². The van der Waals surface area contributed by atoms with Crippen molar-refractivity contribution in [3.8, 4) is 0 Å². The van der Waals surface area contributed by atoms with Crippen molar-refractivity contribution in [1.82, 2.24) is 0 Å². The van der Waals surface area contributed by atoms with E-state index in [-0.39, 0.29) is 0 Å². The number of carbonyl (C=O) groups is 1. The Morgan fingerprint density at radius 2 is 1.48 bits per heavy atom. The molecule has 2 aromatic carbocycles.